The SMILES string of the molecule is Cc1nn(Cc2ccccc2F)c(C)c1S(=O)(=O)N1CCOCC1. The van der Waals surface area contributed by atoms with Crippen molar-refractivity contribution in [2.45, 2.75) is 25.3 Å². The minimum atomic E-state index is -3.63. The third-order valence-corrected chi connectivity index (χ3v) is 6.31. The molecule has 0 atom stereocenters. The van der Waals surface area contributed by atoms with Gasteiger partial charge in [-0.15, -0.1) is 0 Å². The first kappa shape index (κ1) is 17.1. The van der Waals surface area contributed by atoms with E-state index in [1.807, 2.05) is 0 Å². The second-order valence-corrected chi connectivity index (χ2v) is 7.64. The molecule has 2 aromatic rings. The summed E-state index contributed by atoms with van der Waals surface area (Å²) in [5.74, 6) is -0.331. The first-order valence-corrected chi connectivity index (χ1v) is 9.20. The van der Waals surface area contributed by atoms with Gasteiger partial charge in [0, 0.05) is 18.7 Å². The molecule has 0 aliphatic carbocycles. The molecule has 130 valence electrons. The van der Waals surface area contributed by atoms with Crippen LogP contribution in [0.5, 0.6) is 0 Å². The van der Waals surface area contributed by atoms with E-state index in [1.165, 1.54) is 10.4 Å². The molecule has 1 saturated heterocycles. The smallest absolute Gasteiger partial charge is 0.246 e. The lowest BCUT2D eigenvalue weighted by atomic mass is 10.2. The molecule has 0 amide bonds. The second kappa shape index (κ2) is 6.62. The first-order chi connectivity index (χ1) is 11.4. The van der Waals surface area contributed by atoms with Gasteiger partial charge in [-0.05, 0) is 19.9 Å². The zero-order valence-electron chi connectivity index (χ0n) is 13.7. The number of nitrogens with zero attached hydrogens (tertiary/aromatic N) is 3. The number of morpholine rings is 1. The molecule has 0 bridgehead atoms. The Bertz CT molecular complexity index is 842. The average molecular weight is 353 g/mol. The minimum Gasteiger partial charge on any atom is -0.379 e. The van der Waals surface area contributed by atoms with Crippen LogP contribution < -0.4 is 0 Å². The number of ether oxygens (including phenoxy) is 1. The molecule has 3 rings (SSSR count). The average Bonchev–Trinajstić information content (AvgIpc) is 2.85. The van der Waals surface area contributed by atoms with Crippen molar-refractivity contribution in [2.24, 2.45) is 0 Å². The Morgan fingerprint density at radius 2 is 1.88 bits per heavy atom. The first-order valence-electron chi connectivity index (χ1n) is 7.76. The van der Waals surface area contributed by atoms with Crippen LogP contribution in [-0.2, 0) is 21.3 Å². The molecule has 0 radical (unpaired) electrons. The highest BCUT2D eigenvalue weighted by Crippen LogP contribution is 2.25. The van der Waals surface area contributed by atoms with Crippen LogP contribution >= 0.6 is 0 Å². The quantitative estimate of drug-likeness (QED) is 0.839. The van der Waals surface area contributed by atoms with Crippen LogP contribution in [0.15, 0.2) is 29.2 Å². The van der Waals surface area contributed by atoms with Crippen molar-refractivity contribution in [3.8, 4) is 0 Å². The largest absolute Gasteiger partial charge is 0.379 e. The van der Waals surface area contributed by atoms with Gasteiger partial charge in [0.1, 0.15) is 10.7 Å². The fraction of sp³-hybridized carbons (Fsp3) is 0.438. The molecular weight excluding hydrogens is 333 g/mol. The number of halogens is 1. The summed E-state index contributed by atoms with van der Waals surface area (Å²) < 4.78 is 47.8. The van der Waals surface area contributed by atoms with E-state index < -0.39 is 10.0 Å². The molecule has 8 heteroatoms. The van der Waals surface area contributed by atoms with Crippen molar-refractivity contribution in [3.63, 3.8) is 0 Å². The van der Waals surface area contributed by atoms with E-state index in [9.17, 15) is 12.8 Å². The lowest BCUT2D eigenvalue weighted by Gasteiger charge is -2.26. The molecule has 1 aliphatic rings. The summed E-state index contributed by atoms with van der Waals surface area (Å²) in [5, 5.41) is 4.32. The van der Waals surface area contributed by atoms with Crippen LogP contribution in [0.2, 0.25) is 0 Å². The third-order valence-electron chi connectivity index (χ3n) is 4.16. The third kappa shape index (κ3) is 3.09. The van der Waals surface area contributed by atoms with E-state index in [-0.39, 0.29) is 17.3 Å². The van der Waals surface area contributed by atoms with Crippen LogP contribution in [-0.4, -0.2) is 48.8 Å². The standard InChI is InChI=1S/C16H20FN3O3S/c1-12-16(24(21,22)19-7-9-23-10-8-19)13(2)20(18-12)11-14-5-3-4-6-15(14)17/h3-6H,7-11H2,1-2H3. The van der Waals surface area contributed by atoms with Gasteiger partial charge in [0.25, 0.3) is 0 Å². The number of aryl methyl sites for hydroxylation is 1. The Morgan fingerprint density at radius 1 is 1.21 bits per heavy atom. The summed E-state index contributed by atoms with van der Waals surface area (Å²) in [5.41, 5.74) is 1.41. The normalized spacial score (nSPS) is 16.5. The zero-order chi connectivity index (χ0) is 17.3. The molecule has 0 spiro atoms. The van der Waals surface area contributed by atoms with E-state index >= 15 is 0 Å². The summed E-state index contributed by atoms with van der Waals surface area (Å²) in [6, 6.07) is 6.41. The maximum Gasteiger partial charge on any atom is 0.246 e. The molecule has 1 aromatic heterocycles. The lowest BCUT2D eigenvalue weighted by Crippen LogP contribution is -2.41. The van der Waals surface area contributed by atoms with Gasteiger partial charge in [-0.25, -0.2) is 12.8 Å². The van der Waals surface area contributed by atoms with Crippen molar-refractivity contribution >= 4 is 10.0 Å². The second-order valence-electron chi connectivity index (χ2n) is 5.77. The van der Waals surface area contributed by atoms with E-state index in [1.54, 1.807) is 36.7 Å². The van der Waals surface area contributed by atoms with Crippen molar-refractivity contribution in [3.05, 3.63) is 47.0 Å². The fourth-order valence-corrected chi connectivity index (χ4v) is 4.69. The Labute approximate surface area is 140 Å². The minimum absolute atomic E-state index is 0.192. The summed E-state index contributed by atoms with van der Waals surface area (Å²) >= 11 is 0. The van der Waals surface area contributed by atoms with E-state index in [2.05, 4.69) is 5.10 Å². The highest BCUT2D eigenvalue weighted by Gasteiger charge is 2.32. The molecule has 1 fully saturated rings. The molecular formula is C16H20FN3O3S. The number of aromatic nitrogens is 2. The monoisotopic (exact) mass is 353 g/mol. The number of hydrogen-bond acceptors (Lipinski definition) is 4. The number of rotatable bonds is 4. The van der Waals surface area contributed by atoms with Crippen molar-refractivity contribution in [2.75, 3.05) is 26.3 Å². The molecule has 0 unspecified atom stereocenters. The van der Waals surface area contributed by atoms with E-state index in [0.717, 1.165) is 0 Å². The molecule has 0 N–H and O–H groups in total. The van der Waals surface area contributed by atoms with Gasteiger partial charge in [-0.3, -0.25) is 4.68 Å². The Morgan fingerprint density at radius 3 is 2.54 bits per heavy atom. The lowest BCUT2D eigenvalue weighted by molar-refractivity contribution is 0.0730. The van der Waals surface area contributed by atoms with E-state index in [4.69, 9.17) is 4.74 Å². The van der Waals surface area contributed by atoms with E-state index in [0.29, 0.717) is 43.3 Å². The Balaban J connectivity index is 1.96. The summed E-state index contributed by atoms with van der Waals surface area (Å²) in [6.07, 6.45) is 0. The van der Waals surface area contributed by atoms with Crippen LogP contribution in [0.25, 0.3) is 0 Å². The summed E-state index contributed by atoms with van der Waals surface area (Å²) in [6.45, 7) is 5.01. The topological polar surface area (TPSA) is 64.4 Å². The van der Waals surface area contributed by atoms with Crippen molar-refractivity contribution in [1.29, 1.82) is 0 Å². The summed E-state index contributed by atoms with van der Waals surface area (Å²) in [4.78, 5) is 0.209. The van der Waals surface area contributed by atoms with Gasteiger partial charge in [0.05, 0.1) is 31.1 Å². The maximum absolute atomic E-state index is 13.9. The number of sulfonamides is 1. The predicted molar refractivity (Wildman–Crippen MR) is 86.8 cm³/mol. The highest BCUT2D eigenvalue weighted by atomic mass is 32.2. The summed E-state index contributed by atoms with van der Waals surface area (Å²) in [7, 11) is -3.63. The van der Waals surface area contributed by atoms with Crippen LogP contribution in [0.1, 0.15) is 17.0 Å². The van der Waals surface area contributed by atoms with Crippen molar-refractivity contribution < 1.29 is 17.5 Å². The highest BCUT2D eigenvalue weighted by molar-refractivity contribution is 7.89. The van der Waals surface area contributed by atoms with Gasteiger partial charge < -0.3 is 4.74 Å². The molecule has 6 nitrogen and oxygen atoms in total. The van der Waals surface area contributed by atoms with Gasteiger partial charge >= 0.3 is 0 Å². The Kier molecular flexibility index (Phi) is 4.71. The molecule has 1 aromatic carbocycles. The van der Waals surface area contributed by atoms with Crippen molar-refractivity contribution in [1.82, 2.24) is 14.1 Å². The molecule has 1 aliphatic heterocycles. The van der Waals surface area contributed by atoms with Gasteiger partial charge in [-0.2, -0.15) is 9.40 Å². The van der Waals surface area contributed by atoms with Gasteiger partial charge in [0.2, 0.25) is 10.0 Å². The number of benzene rings is 1. The predicted octanol–water partition coefficient (Wildman–Crippen LogP) is 1.71. The van der Waals surface area contributed by atoms with Gasteiger partial charge in [-0.1, -0.05) is 18.2 Å². The fourth-order valence-electron chi connectivity index (χ4n) is 2.91. The van der Waals surface area contributed by atoms with Gasteiger partial charge in [0.15, 0.2) is 0 Å². The van der Waals surface area contributed by atoms with Crippen LogP contribution in [0.4, 0.5) is 4.39 Å². The zero-order valence-corrected chi connectivity index (χ0v) is 14.5. The maximum atomic E-state index is 13.9. The van der Waals surface area contributed by atoms with Crippen LogP contribution in [0.3, 0.4) is 0 Å². The number of hydrogen-bond donors (Lipinski definition) is 0. The Hall–Kier alpha value is -1.77. The molecule has 2 heterocycles. The van der Waals surface area contributed by atoms with Crippen LogP contribution in [0, 0.1) is 19.7 Å². The molecule has 24 heavy (non-hydrogen) atoms. The molecule has 0 saturated carbocycles.